The Morgan fingerprint density at radius 1 is 1.15 bits per heavy atom. The number of ether oxygens (including phenoxy) is 2. The topological polar surface area (TPSA) is 61.6 Å². The van der Waals surface area contributed by atoms with Crippen LogP contribution in [-0.2, 0) is 0 Å². The molecule has 0 aliphatic rings. The fourth-order valence-corrected chi connectivity index (χ4v) is 1.89. The lowest BCUT2D eigenvalue weighted by atomic mass is 10.3. The van der Waals surface area contributed by atoms with Crippen molar-refractivity contribution in [3.05, 3.63) is 57.6 Å². The van der Waals surface area contributed by atoms with Crippen LogP contribution in [0.15, 0.2) is 42.5 Å². The third-order valence-electron chi connectivity index (χ3n) is 2.49. The van der Waals surface area contributed by atoms with E-state index in [-0.39, 0.29) is 16.5 Å². The molecule has 0 radical (unpaired) electrons. The number of hydrogen-bond donors (Lipinski definition) is 0. The molecule has 2 aromatic carbocycles. The second-order valence-electron chi connectivity index (χ2n) is 3.85. The fourth-order valence-electron chi connectivity index (χ4n) is 1.65. The quantitative estimate of drug-likeness (QED) is 0.604. The summed E-state index contributed by atoms with van der Waals surface area (Å²) in [4.78, 5) is 10.4. The lowest BCUT2D eigenvalue weighted by Gasteiger charge is -2.08. The van der Waals surface area contributed by atoms with E-state index in [1.165, 1.54) is 12.1 Å². The minimum atomic E-state index is -0.563. The predicted molar refractivity (Wildman–Crippen MR) is 75.8 cm³/mol. The van der Waals surface area contributed by atoms with Gasteiger partial charge >= 0.3 is 5.69 Å². The number of nitro groups is 1. The number of benzene rings is 2. The van der Waals surface area contributed by atoms with Crippen LogP contribution in [0.4, 0.5) is 5.69 Å². The molecule has 0 unspecified atom stereocenters. The van der Waals surface area contributed by atoms with Gasteiger partial charge in [-0.2, -0.15) is 0 Å². The van der Waals surface area contributed by atoms with Crippen molar-refractivity contribution in [3.63, 3.8) is 0 Å². The lowest BCUT2D eigenvalue weighted by Crippen LogP contribution is -1.95. The van der Waals surface area contributed by atoms with Crippen molar-refractivity contribution in [1.82, 2.24) is 0 Å². The highest BCUT2D eigenvalue weighted by molar-refractivity contribution is 6.32. The third kappa shape index (κ3) is 3.19. The molecule has 0 fully saturated rings. The molecular formula is C14H12ClNO4. The third-order valence-corrected chi connectivity index (χ3v) is 2.80. The van der Waals surface area contributed by atoms with Crippen molar-refractivity contribution >= 4 is 17.3 Å². The van der Waals surface area contributed by atoms with E-state index in [4.69, 9.17) is 21.1 Å². The van der Waals surface area contributed by atoms with Gasteiger partial charge in [0.1, 0.15) is 16.5 Å². The smallest absolute Gasteiger partial charge is 0.329 e. The highest BCUT2D eigenvalue weighted by Gasteiger charge is 2.20. The van der Waals surface area contributed by atoms with Crippen LogP contribution in [0.5, 0.6) is 17.2 Å². The zero-order valence-corrected chi connectivity index (χ0v) is 11.5. The molecule has 0 aliphatic heterocycles. The standard InChI is InChI=1S/C14H12ClNO4/c1-2-19-10-6-8-11(9-7-10)20-13-5-3-4-12(15)14(13)16(17)18/h3-9H,2H2,1H3. The van der Waals surface area contributed by atoms with Crippen LogP contribution >= 0.6 is 11.6 Å². The van der Waals surface area contributed by atoms with E-state index in [1.807, 2.05) is 6.92 Å². The van der Waals surface area contributed by atoms with Gasteiger partial charge in [-0.1, -0.05) is 17.7 Å². The molecule has 0 atom stereocenters. The van der Waals surface area contributed by atoms with Crippen LogP contribution in [0.3, 0.4) is 0 Å². The maximum absolute atomic E-state index is 11.0. The molecule has 0 N–H and O–H groups in total. The van der Waals surface area contributed by atoms with E-state index in [0.29, 0.717) is 18.1 Å². The second-order valence-corrected chi connectivity index (χ2v) is 4.26. The number of hydrogen-bond acceptors (Lipinski definition) is 4. The highest BCUT2D eigenvalue weighted by Crippen LogP contribution is 2.37. The predicted octanol–water partition coefficient (Wildman–Crippen LogP) is 4.44. The van der Waals surface area contributed by atoms with Crippen molar-refractivity contribution in [2.45, 2.75) is 6.92 Å². The second kappa shape index (κ2) is 6.25. The molecule has 20 heavy (non-hydrogen) atoms. The molecule has 0 saturated carbocycles. The van der Waals surface area contributed by atoms with Gasteiger partial charge in [0.2, 0.25) is 5.75 Å². The van der Waals surface area contributed by atoms with Crippen LogP contribution in [0.2, 0.25) is 5.02 Å². The zero-order valence-electron chi connectivity index (χ0n) is 10.7. The first-order chi connectivity index (χ1) is 9.61. The Kier molecular flexibility index (Phi) is 4.42. The Morgan fingerprint density at radius 2 is 1.80 bits per heavy atom. The van der Waals surface area contributed by atoms with Crippen molar-refractivity contribution in [1.29, 1.82) is 0 Å². The monoisotopic (exact) mass is 293 g/mol. The van der Waals surface area contributed by atoms with Gasteiger partial charge in [-0.15, -0.1) is 0 Å². The van der Waals surface area contributed by atoms with E-state index in [2.05, 4.69) is 0 Å². The van der Waals surface area contributed by atoms with E-state index < -0.39 is 4.92 Å². The van der Waals surface area contributed by atoms with Crippen LogP contribution in [0, 0.1) is 10.1 Å². The molecule has 6 heteroatoms. The van der Waals surface area contributed by atoms with Crippen LogP contribution < -0.4 is 9.47 Å². The normalized spacial score (nSPS) is 10.1. The van der Waals surface area contributed by atoms with E-state index in [1.54, 1.807) is 30.3 Å². The Morgan fingerprint density at radius 3 is 2.40 bits per heavy atom. The first-order valence-corrected chi connectivity index (χ1v) is 6.33. The van der Waals surface area contributed by atoms with Crippen molar-refractivity contribution in [2.75, 3.05) is 6.61 Å². The first-order valence-electron chi connectivity index (χ1n) is 5.95. The molecule has 0 aromatic heterocycles. The maximum atomic E-state index is 11.0. The summed E-state index contributed by atoms with van der Waals surface area (Å²) >= 11 is 5.82. The molecule has 0 heterocycles. The molecule has 2 aromatic rings. The van der Waals surface area contributed by atoms with Crippen molar-refractivity contribution < 1.29 is 14.4 Å². The number of nitro benzene ring substituents is 1. The highest BCUT2D eigenvalue weighted by atomic mass is 35.5. The Bertz CT molecular complexity index is 613. The number of nitrogens with zero attached hydrogens (tertiary/aromatic N) is 1. The van der Waals surface area contributed by atoms with Gasteiger partial charge in [0, 0.05) is 0 Å². The average Bonchev–Trinajstić information content (AvgIpc) is 2.41. The average molecular weight is 294 g/mol. The van der Waals surface area contributed by atoms with Gasteiger partial charge in [-0.25, -0.2) is 0 Å². The summed E-state index contributed by atoms with van der Waals surface area (Å²) in [5.41, 5.74) is -0.247. The largest absolute Gasteiger partial charge is 0.494 e. The summed E-state index contributed by atoms with van der Waals surface area (Å²) in [6, 6.07) is 11.4. The van der Waals surface area contributed by atoms with Gasteiger partial charge in [-0.3, -0.25) is 10.1 Å². The van der Waals surface area contributed by atoms with E-state index >= 15 is 0 Å². The fraction of sp³-hybridized carbons (Fsp3) is 0.143. The molecule has 0 bridgehead atoms. The Hall–Kier alpha value is -2.27. The minimum Gasteiger partial charge on any atom is -0.494 e. The summed E-state index contributed by atoms with van der Waals surface area (Å²) in [6.07, 6.45) is 0. The van der Waals surface area contributed by atoms with Gasteiger partial charge in [0.05, 0.1) is 11.5 Å². The number of halogens is 1. The molecule has 0 saturated heterocycles. The minimum absolute atomic E-state index is 0.0402. The molecule has 0 aliphatic carbocycles. The SMILES string of the molecule is CCOc1ccc(Oc2cccc(Cl)c2[N+](=O)[O-])cc1. The molecule has 5 nitrogen and oxygen atoms in total. The van der Waals surface area contributed by atoms with Gasteiger partial charge in [0.25, 0.3) is 0 Å². The molecule has 0 spiro atoms. The molecule has 0 amide bonds. The maximum Gasteiger partial charge on any atom is 0.329 e. The lowest BCUT2D eigenvalue weighted by molar-refractivity contribution is -0.385. The molecular weight excluding hydrogens is 282 g/mol. The summed E-state index contributed by atoms with van der Waals surface area (Å²) in [7, 11) is 0. The van der Waals surface area contributed by atoms with Crippen LogP contribution in [0.25, 0.3) is 0 Å². The van der Waals surface area contributed by atoms with E-state index in [9.17, 15) is 10.1 Å². The summed E-state index contributed by atoms with van der Waals surface area (Å²) < 4.78 is 10.8. The van der Waals surface area contributed by atoms with Crippen molar-refractivity contribution in [3.8, 4) is 17.2 Å². The van der Waals surface area contributed by atoms with Gasteiger partial charge in [-0.05, 0) is 43.3 Å². The number of para-hydroxylation sites is 1. The van der Waals surface area contributed by atoms with Crippen molar-refractivity contribution in [2.24, 2.45) is 0 Å². The first kappa shape index (κ1) is 14.1. The molecule has 104 valence electrons. The van der Waals surface area contributed by atoms with E-state index in [0.717, 1.165) is 0 Å². The van der Waals surface area contributed by atoms with Gasteiger partial charge < -0.3 is 9.47 Å². The van der Waals surface area contributed by atoms with Gasteiger partial charge in [0.15, 0.2) is 0 Å². The summed E-state index contributed by atoms with van der Waals surface area (Å²) in [6.45, 7) is 2.46. The van der Waals surface area contributed by atoms with Crippen LogP contribution in [0.1, 0.15) is 6.92 Å². The molecule has 2 rings (SSSR count). The number of rotatable bonds is 5. The zero-order chi connectivity index (χ0) is 14.5. The Balaban J connectivity index is 2.26. The Labute approximate surface area is 120 Å². The van der Waals surface area contributed by atoms with Crippen LogP contribution in [-0.4, -0.2) is 11.5 Å². The summed E-state index contributed by atoms with van der Waals surface area (Å²) in [5.74, 6) is 1.28. The summed E-state index contributed by atoms with van der Waals surface area (Å²) in [5, 5.41) is 11.0.